The van der Waals surface area contributed by atoms with E-state index < -0.39 is 29.5 Å². The van der Waals surface area contributed by atoms with Gasteiger partial charge in [0.2, 0.25) is 0 Å². The van der Waals surface area contributed by atoms with Crippen LogP contribution in [0.3, 0.4) is 0 Å². The maximum absolute atomic E-state index is 13.0. The van der Waals surface area contributed by atoms with Gasteiger partial charge in [0, 0.05) is 0 Å². The van der Waals surface area contributed by atoms with Gasteiger partial charge in [-0.1, -0.05) is 12.1 Å². The van der Waals surface area contributed by atoms with Gasteiger partial charge in [0.05, 0.1) is 0 Å². The van der Waals surface area contributed by atoms with Crippen molar-refractivity contribution in [3.63, 3.8) is 0 Å². The molecule has 17 heavy (non-hydrogen) atoms. The van der Waals surface area contributed by atoms with E-state index in [9.17, 15) is 26.3 Å². The molecular formula is C10H9F6N. The summed E-state index contributed by atoms with van der Waals surface area (Å²) in [6.07, 6.45) is -5.77. The molecule has 7 heteroatoms. The Labute approximate surface area is 93.2 Å². The predicted molar refractivity (Wildman–Crippen MR) is 49.1 cm³/mol. The quantitative estimate of drug-likeness (QED) is 0.808. The van der Waals surface area contributed by atoms with Crippen LogP contribution in [0.1, 0.15) is 17.2 Å². The van der Waals surface area contributed by atoms with Crippen LogP contribution in [0.5, 0.6) is 0 Å². The summed E-state index contributed by atoms with van der Waals surface area (Å²) in [5, 5.41) is 0. The van der Waals surface area contributed by atoms with Gasteiger partial charge in [-0.15, -0.1) is 0 Å². The van der Waals surface area contributed by atoms with Gasteiger partial charge in [-0.3, -0.25) is 0 Å². The van der Waals surface area contributed by atoms with Crippen molar-refractivity contribution in [2.45, 2.75) is 25.1 Å². The summed E-state index contributed by atoms with van der Waals surface area (Å²) in [5.41, 5.74) is 4.38. The molecule has 0 fully saturated rings. The molecule has 0 aliphatic rings. The SMILES string of the molecule is Cc1ccc([C@@H](N)C(F)(F)C(F)(F)F)cc1F. The third-order valence-electron chi connectivity index (χ3n) is 2.32. The Morgan fingerprint density at radius 1 is 1.12 bits per heavy atom. The summed E-state index contributed by atoms with van der Waals surface area (Å²) in [4.78, 5) is 0. The zero-order chi connectivity index (χ0) is 13.4. The monoisotopic (exact) mass is 257 g/mol. The predicted octanol–water partition coefficient (Wildman–Crippen LogP) is 3.33. The second-order valence-corrected chi connectivity index (χ2v) is 3.61. The molecule has 2 N–H and O–H groups in total. The molecule has 0 unspecified atom stereocenters. The molecule has 0 heterocycles. The van der Waals surface area contributed by atoms with Crippen molar-refractivity contribution in [2.24, 2.45) is 5.73 Å². The number of halogens is 6. The molecule has 0 aliphatic heterocycles. The number of hydrogen-bond acceptors (Lipinski definition) is 1. The average Bonchev–Trinajstić information content (AvgIpc) is 2.19. The third kappa shape index (κ3) is 2.54. The molecule has 1 aromatic rings. The normalized spacial score (nSPS) is 14.8. The number of nitrogens with two attached hydrogens (primary N) is 1. The summed E-state index contributed by atoms with van der Waals surface area (Å²) in [7, 11) is 0. The topological polar surface area (TPSA) is 26.0 Å². The second kappa shape index (κ2) is 4.21. The third-order valence-corrected chi connectivity index (χ3v) is 2.32. The van der Waals surface area contributed by atoms with E-state index >= 15 is 0 Å². The summed E-state index contributed by atoms with van der Waals surface area (Å²) < 4.78 is 74.9. The van der Waals surface area contributed by atoms with Gasteiger partial charge in [-0.25, -0.2) is 4.39 Å². The van der Waals surface area contributed by atoms with E-state index in [2.05, 4.69) is 0 Å². The van der Waals surface area contributed by atoms with Crippen molar-refractivity contribution in [2.75, 3.05) is 0 Å². The van der Waals surface area contributed by atoms with E-state index in [0.29, 0.717) is 6.07 Å². The lowest BCUT2D eigenvalue weighted by Crippen LogP contribution is -2.45. The van der Waals surface area contributed by atoms with Crippen LogP contribution in [0.4, 0.5) is 26.3 Å². The number of alkyl halides is 5. The molecule has 0 saturated carbocycles. The molecule has 0 amide bonds. The van der Waals surface area contributed by atoms with Crippen LogP contribution in [0.2, 0.25) is 0 Å². The largest absolute Gasteiger partial charge is 0.455 e. The average molecular weight is 257 g/mol. The molecule has 96 valence electrons. The first-order valence-corrected chi connectivity index (χ1v) is 4.53. The van der Waals surface area contributed by atoms with Crippen LogP contribution >= 0.6 is 0 Å². The molecule has 0 bridgehead atoms. The Bertz CT molecular complexity index is 412. The minimum atomic E-state index is -5.77. The first kappa shape index (κ1) is 13.8. The Balaban J connectivity index is 3.12. The van der Waals surface area contributed by atoms with Crippen LogP contribution < -0.4 is 5.73 Å². The van der Waals surface area contributed by atoms with Gasteiger partial charge >= 0.3 is 12.1 Å². The lowest BCUT2D eigenvalue weighted by atomic mass is 9.99. The molecule has 0 radical (unpaired) electrons. The van der Waals surface area contributed by atoms with Crippen molar-refractivity contribution in [3.8, 4) is 0 Å². The van der Waals surface area contributed by atoms with Gasteiger partial charge < -0.3 is 5.73 Å². The molecule has 1 rings (SSSR count). The Morgan fingerprint density at radius 2 is 1.65 bits per heavy atom. The smallest absolute Gasteiger partial charge is 0.319 e. The Morgan fingerprint density at radius 3 is 2.06 bits per heavy atom. The van der Waals surface area contributed by atoms with Crippen molar-refractivity contribution in [3.05, 3.63) is 35.1 Å². The summed E-state index contributed by atoms with van der Waals surface area (Å²) in [5.74, 6) is -5.98. The van der Waals surface area contributed by atoms with Crippen LogP contribution in [0.25, 0.3) is 0 Å². The highest BCUT2D eigenvalue weighted by atomic mass is 19.4. The highest BCUT2D eigenvalue weighted by molar-refractivity contribution is 5.27. The minimum Gasteiger partial charge on any atom is -0.319 e. The van der Waals surface area contributed by atoms with Crippen LogP contribution in [0, 0.1) is 12.7 Å². The van der Waals surface area contributed by atoms with Crippen LogP contribution in [0.15, 0.2) is 18.2 Å². The van der Waals surface area contributed by atoms with Crippen molar-refractivity contribution in [1.29, 1.82) is 0 Å². The van der Waals surface area contributed by atoms with Crippen LogP contribution in [-0.4, -0.2) is 12.1 Å². The van der Waals surface area contributed by atoms with Crippen molar-refractivity contribution in [1.82, 2.24) is 0 Å². The maximum Gasteiger partial charge on any atom is 0.455 e. The fourth-order valence-electron chi connectivity index (χ4n) is 1.19. The van der Waals surface area contributed by atoms with E-state index in [0.717, 1.165) is 12.1 Å². The summed E-state index contributed by atoms with van der Waals surface area (Å²) in [6, 6.07) is -0.00286. The van der Waals surface area contributed by atoms with Gasteiger partial charge in [0.15, 0.2) is 0 Å². The van der Waals surface area contributed by atoms with E-state index in [1.807, 2.05) is 0 Å². The molecule has 0 saturated heterocycles. The van der Waals surface area contributed by atoms with Crippen molar-refractivity contribution < 1.29 is 26.3 Å². The standard InChI is InChI=1S/C10H9F6N/c1-5-2-3-6(4-7(5)11)8(17)9(12,13)10(14,15)16/h2-4,8H,17H2,1H3/t8-/m1/s1. The maximum atomic E-state index is 13.0. The fourth-order valence-corrected chi connectivity index (χ4v) is 1.19. The van der Waals surface area contributed by atoms with E-state index in [4.69, 9.17) is 5.73 Å². The summed E-state index contributed by atoms with van der Waals surface area (Å²) >= 11 is 0. The molecule has 1 atom stereocenters. The molecule has 0 aromatic heterocycles. The van der Waals surface area contributed by atoms with Gasteiger partial charge in [-0.2, -0.15) is 22.0 Å². The number of hydrogen-bond donors (Lipinski definition) is 1. The Hall–Kier alpha value is -1.24. The fraction of sp³-hybridized carbons (Fsp3) is 0.400. The number of aryl methyl sites for hydroxylation is 1. The zero-order valence-corrected chi connectivity index (χ0v) is 8.65. The molecular weight excluding hydrogens is 248 g/mol. The van der Waals surface area contributed by atoms with Gasteiger partial charge in [0.25, 0.3) is 0 Å². The van der Waals surface area contributed by atoms with E-state index in [1.165, 1.54) is 6.92 Å². The zero-order valence-electron chi connectivity index (χ0n) is 8.65. The lowest BCUT2D eigenvalue weighted by Gasteiger charge is -2.26. The lowest BCUT2D eigenvalue weighted by molar-refractivity contribution is -0.291. The van der Waals surface area contributed by atoms with Crippen molar-refractivity contribution >= 4 is 0 Å². The molecule has 1 nitrogen and oxygen atoms in total. The molecule has 0 aliphatic carbocycles. The van der Waals surface area contributed by atoms with Gasteiger partial charge in [0.1, 0.15) is 11.9 Å². The first-order valence-electron chi connectivity index (χ1n) is 4.53. The van der Waals surface area contributed by atoms with Gasteiger partial charge in [-0.05, 0) is 24.1 Å². The molecule has 1 aromatic carbocycles. The van der Waals surface area contributed by atoms with E-state index in [-0.39, 0.29) is 5.56 Å². The van der Waals surface area contributed by atoms with Crippen LogP contribution in [-0.2, 0) is 0 Å². The highest BCUT2D eigenvalue weighted by Crippen LogP contribution is 2.43. The minimum absolute atomic E-state index is 0.135. The first-order chi connectivity index (χ1) is 7.57. The molecule has 0 spiro atoms. The highest BCUT2D eigenvalue weighted by Gasteiger charge is 2.61. The van der Waals surface area contributed by atoms with E-state index in [1.54, 1.807) is 0 Å². The second-order valence-electron chi connectivity index (χ2n) is 3.61. The summed E-state index contributed by atoms with van der Waals surface area (Å²) in [6.45, 7) is 1.35. The number of benzene rings is 1. The number of rotatable bonds is 2. The Kier molecular flexibility index (Phi) is 3.42.